The molecular weight excluding hydrogens is 322 g/mol. The molecule has 22 heavy (non-hydrogen) atoms. The third-order valence-electron chi connectivity index (χ3n) is 3.18. The van der Waals surface area contributed by atoms with E-state index in [-0.39, 0.29) is 21.9 Å². The molecule has 0 bridgehead atoms. The number of benzene rings is 1. The van der Waals surface area contributed by atoms with Crippen LogP contribution in [0.2, 0.25) is 0 Å². The lowest BCUT2D eigenvalue weighted by Gasteiger charge is -2.07. The molecule has 3 rings (SSSR count). The first kappa shape index (κ1) is 15.1. The molecule has 1 aliphatic carbocycles. The molecule has 1 saturated carbocycles. The molecule has 0 atom stereocenters. The summed E-state index contributed by atoms with van der Waals surface area (Å²) in [4.78, 5) is 12.9. The van der Waals surface area contributed by atoms with Gasteiger partial charge < -0.3 is 9.50 Å². The van der Waals surface area contributed by atoms with Crippen molar-refractivity contribution in [1.82, 2.24) is 5.32 Å². The minimum absolute atomic E-state index is 0.134. The van der Waals surface area contributed by atoms with Gasteiger partial charge in [0.2, 0.25) is 0 Å². The lowest BCUT2D eigenvalue weighted by molar-refractivity contribution is 0.0951. The molecule has 116 valence electrons. The Kier molecular flexibility index (Phi) is 3.92. The number of rotatable bonds is 5. The molecule has 1 amide bonds. The van der Waals surface area contributed by atoms with Gasteiger partial charge in [-0.2, -0.15) is 8.42 Å². The fourth-order valence-corrected chi connectivity index (χ4v) is 4.07. The second-order valence-electron chi connectivity index (χ2n) is 5.18. The topological polar surface area (TPSA) is 72.5 Å². The summed E-state index contributed by atoms with van der Waals surface area (Å²) in [6, 6.07) is 9.68. The highest BCUT2D eigenvalue weighted by atomic mass is 32.3. The third kappa shape index (κ3) is 3.48. The summed E-state index contributed by atoms with van der Waals surface area (Å²) in [5.41, 5.74) is 0.391. The second kappa shape index (κ2) is 5.73. The Morgan fingerprint density at radius 1 is 1.27 bits per heavy atom. The van der Waals surface area contributed by atoms with Crippen LogP contribution in [0.15, 0.2) is 40.6 Å². The van der Waals surface area contributed by atoms with E-state index < -0.39 is 10.1 Å². The van der Waals surface area contributed by atoms with Crippen molar-refractivity contribution in [3.8, 4) is 5.75 Å². The summed E-state index contributed by atoms with van der Waals surface area (Å²) in [7, 11) is -3.86. The molecule has 0 radical (unpaired) electrons. The number of amides is 1. The van der Waals surface area contributed by atoms with E-state index in [0.29, 0.717) is 5.56 Å². The minimum atomic E-state index is -3.86. The molecule has 1 fully saturated rings. The third-order valence-corrected chi connectivity index (χ3v) is 5.88. The van der Waals surface area contributed by atoms with Crippen molar-refractivity contribution in [2.45, 2.75) is 30.0 Å². The number of hydrogen-bond donors (Lipinski definition) is 1. The van der Waals surface area contributed by atoms with E-state index in [1.54, 1.807) is 18.2 Å². The first-order chi connectivity index (χ1) is 10.4. The molecule has 0 spiro atoms. The van der Waals surface area contributed by atoms with Gasteiger partial charge in [0.15, 0.2) is 4.21 Å². The molecule has 1 aromatic carbocycles. The fraction of sp³-hybridized carbons (Fsp3) is 0.267. The highest BCUT2D eigenvalue weighted by Gasteiger charge is 2.24. The predicted octanol–water partition coefficient (Wildman–Crippen LogP) is 2.72. The predicted molar refractivity (Wildman–Crippen MR) is 83.8 cm³/mol. The molecule has 0 saturated heterocycles. The standard InChI is InChI=1S/C15H15NO4S2/c1-10-5-8-14(21-10)22(18,19)20-13-4-2-3-11(9-13)15(17)16-12-6-7-12/h2-5,8-9,12H,6-7H2,1H3,(H,16,17). The summed E-state index contributed by atoms with van der Waals surface area (Å²) >= 11 is 1.15. The lowest BCUT2D eigenvalue weighted by atomic mass is 10.2. The Balaban J connectivity index is 1.78. The smallest absolute Gasteiger partial charge is 0.348 e. The Morgan fingerprint density at radius 3 is 2.68 bits per heavy atom. The molecule has 5 nitrogen and oxygen atoms in total. The summed E-state index contributed by atoms with van der Waals surface area (Å²) in [5, 5.41) is 2.85. The summed E-state index contributed by atoms with van der Waals surface area (Å²) < 4.78 is 29.6. The quantitative estimate of drug-likeness (QED) is 0.852. The summed E-state index contributed by atoms with van der Waals surface area (Å²) in [6.07, 6.45) is 1.99. The van der Waals surface area contributed by atoms with Crippen LogP contribution in [0.25, 0.3) is 0 Å². The van der Waals surface area contributed by atoms with Gasteiger partial charge in [-0.05, 0) is 50.1 Å². The van der Waals surface area contributed by atoms with Crippen molar-refractivity contribution in [3.63, 3.8) is 0 Å². The molecule has 0 unspecified atom stereocenters. The van der Waals surface area contributed by atoms with Gasteiger partial charge in [0, 0.05) is 16.5 Å². The first-order valence-electron chi connectivity index (χ1n) is 6.86. The van der Waals surface area contributed by atoms with Crippen LogP contribution in [0, 0.1) is 6.92 Å². The SMILES string of the molecule is Cc1ccc(S(=O)(=O)Oc2cccc(C(=O)NC3CC3)c2)s1. The molecule has 2 aromatic rings. The van der Waals surface area contributed by atoms with Gasteiger partial charge in [0.1, 0.15) is 5.75 Å². The lowest BCUT2D eigenvalue weighted by Crippen LogP contribution is -2.25. The van der Waals surface area contributed by atoms with Gasteiger partial charge in [-0.15, -0.1) is 11.3 Å². The van der Waals surface area contributed by atoms with Crippen LogP contribution in [0.3, 0.4) is 0 Å². The van der Waals surface area contributed by atoms with E-state index in [2.05, 4.69) is 5.32 Å². The van der Waals surface area contributed by atoms with Crippen molar-refractivity contribution in [1.29, 1.82) is 0 Å². The van der Waals surface area contributed by atoms with E-state index in [4.69, 9.17) is 4.18 Å². The zero-order valence-electron chi connectivity index (χ0n) is 11.9. The average molecular weight is 337 g/mol. The number of nitrogens with one attached hydrogen (secondary N) is 1. The average Bonchev–Trinajstić information content (AvgIpc) is 3.16. The highest BCUT2D eigenvalue weighted by Crippen LogP contribution is 2.25. The number of carbonyl (C=O) groups excluding carboxylic acids is 1. The van der Waals surface area contributed by atoms with Crippen LogP contribution in [-0.2, 0) is 10.1 Å². The van der Waals surface area contributed by atoms with Crippen LogP contribution in [0.1, 0.15) is 28.1 Å². The zero-order valence-corrected chi connectivity index (χ0v) is 13.5. The van der Waals surface area contributed by atoms with Crippen molar-refractivity contribution in [2.24, 2.45) is 0 Å². The van der Waals surface area contributed by atoms with Crippen LogP contribution >= 0.6 is 11.3 Å². The Bertz CT molecular complexity index is 806. The van der Waals surface area contributed by atoms with Crippen molar-refractivity contribution >= 4 is 27.4 Å². The van der Waals surface area contributed by atoms with E-state index >= 15 is 0 Å². The number of carbonyl (C=O) groups is 1. The molecule has 0 aliphatic heterocycles. The highest BCUT2D eigenvalue weighted by molar-refractivity contribution is 7.89. The first-order valence-corrected chi connectivity index (χ1v) is 9.08. The minimum Gasteiger partial charge on any atom is -0.378 e. The Hall–Kier alpha value is -1.86. The van der Waals surface area contributed by atoms with E-state index in [1.165, 1.54) is 18.2 Å². The molecule has 7 heteroatoms. The largest absolute Gasteiger partial charge is 0.378 e. The maximum atomic E-state index is 12.2. The zero-order chi connectivity index (χ0) is 15.7. The monoisotopic (exact) mass is 337 g/mol. The van der Waals surface area contributed by atoms with Gasteiger partial charge in [0.25, 0.3) is 5.91 Å². The number of hydrogen-bond acceptors (Lipinski definition) is 5. The summed E-state index contributed by atoms with van der Waals surface area (Å²) in [5.74, 6) is -0.0770. The Labute approximate surface area is 133 Å². The second-order valence-corrected chi connectivity index (χ2v) is 8.24. The van der Waals surface area contributed by atoms with Gasteiger partial charge in [-0.3, -0.25) is 4.79 Å². The van der Waals surface area contributed by atoms with Crippen molar-refractivity contribution in [3.05, 3.63) is 46.8 Å². The van der Waals surface area contributed by atoms with Gasteiger partial charge in [0.05, 0.1) is 0 Å². The van der Waals surface area contributed by atoms with Crippen molar-refractivity contribution < 1.29 is 17.4 Å². The van der Waals surface area contributed by atoms with Gasteiger partial charge in [-0.1, -0.05) is 6.07 Å². The molecule has 1 aliphatic rings. The van der Waals surface area contributed by atoms with E-state index in [9.17, 15) is 13.2 Å². The maximum Gasteiger partial charge on any atom is 0.348 e. The van der Waals surface area contributed by atoms with Gasteiger partial charge >= 0.3 is 10.1 Å². The van der Waals surface area contributed by atoms with Crippen LogP contribution in [0.4, 0.5) is 0 Å². The maximum absolute atomic E-state index is 12.2. The Morgan fingerprint density at radius 2 is 2.05 bits per heavy atom. The van der Waals surface area contributed by atoms with Gasteiger partial charge in [-0.25, -0.2) is 0 Å². The van der Waals surface area contributed by atoms with Crippen LogP contribution in [0.5, 0.6) is 5.75 Å². The molecule has 1 heterocycles. The molecular formula is C15H15NO4S2. The number of thiophene rings is 1. The van der Waals surface area contributed by atoms with Crippen molar-refractivity contribution in [2.75, 3.05) is 0 Å². The van der Waals surface area contributed by atoms with E-state index in [0.717, 1.165) is 29.1 Å². The molecule has 1 N–H and O–H groups in total. The fourth-order valence-electron chi connectivity index (χ4n) is 1.90. The van der Waals surface area contributed by atoms with Crippen LogP contribution < -0.4 is 9.50 Å². The van der Waals surface area contributed by atoms with Crippen LogP contribution in [-0.4, -0.2) is 20.4 Å². The molecule has 1 aromatic heterocycles. The van der Waals surface area contributed by atoms with E-state index in [1.807, 2.05) is 6.92 Å². The number of aryl methyl sites for hydroxylation is 1. The normalized spacial score (nSPS) is 14.6. The summed E-state index contributed by atoms with van der Waals surface area (Å²) in [6.45, 7) is 1.83.